The molecule has 11 nitrogen and oxygen atoms in total. The molecule has 3 aromatic heterocycles. The van der Waals surface area contributed by atoms with E-state index in [4.69, 9.17) is 28.9 Å². The maximum Gasteiger partial charge on any atom is 0.163 e. The van der Waals surface area contributed by atoms with Crippen molar-refractivity contribution in [1.82, 2.24) is 29.4 Å². The van der Waals surface area contributed by atoms with Crippen molar-refractivity contribution in [2.24, 2.45) is 11.8 Å². The molecule has 1 saturated heterocycles. The van der Waals surface area contributed by atoms with Crippen LogP contribution in [0.25, 0.3) is 22.1 Å². The van der Waals surface area contributed by atoms with Crippen LogP contribution in [0.15, 0.2) is 55.0 Å². The summed E-state index contributed by atoms with van der Waals surface area (Å²) in [4.78, 5) is 21.0. The zero-order valence-electron chi connectivity index (χ0n) is 34.2. The third-order valence-corrected chi connectivity index (χ3v) is 13.2. The monoisotopic (exact) mass is 761 g/mol. The van der Waals surface area contributed by atoms with Crippen molar-refractivity contribution in [3.05, 3.63) is 71.9 Å². The lowest BCUT2D eigenvalue weighted by molar-refractivity contribution is -0.162. The van der Waals surface area contributed by atoms with Crippen LogP contribution in [0.3, 0.4) is 0 Å². The van der Waals surface area contributed by atoms with E-state index in [0.717, 1.165) is 76.1 Å². The number of aromatic amines is 1. The lowest BCUT2D eigenvalue weighted by Gasteiger charge is -2.50. The quantitative estimate of drug-likeness (QED) is 0.122. The van der Waals surface area contributed by atoms with Gasteiger partial charge in [0.1, 0.15) is 41.2 Å². The van der Waals surface area contributed by atoms with Crippen molar-refractivity contribution in [3.8, 4) is 11.5 Å². The Morgan fingerprint density at radius 2 is 1.79 bits per heavy atom. The summed E-state index contributed by atoms with van der Waals surface area (Å²) in [5.41, 5.74) is 5.63. The molecule has 0 unspecified atom stereocenters. The van der Waals surface area contributed by atoms with Crippen molar-refractivity contribution in [1.29, 1.82) is 0 Å². The van der Waals surface area contributed by atoms with E-state index in [1.165, 1.54) is 44.1 Å². The van der Waals surface area contributed by atoms with Crippen LogP contribution in [-0.4, -0.2) is 80.2 Å². The fourth-order valence-corrected chi connectivity index (χ4v) is 9.84. The number of aromatic nitrogens is 5. The van der Waals surface area contributed by atoms with Gasteiger partial charge in [0.25, 0.3) is 0 Å². The fourth-order valence-electron chi connectivity index (χ4n) is 9.84. The molecule has 9 rings (SSSR count). The van der Waals surface area contributed by atoms with Crippen molar-refractivity contribution < 1.29 is 18.9 Å². The van der Waals surface area contributed by atoms with E-state index < -0.39 is 5.79 Å². The third kappa shape index (κ3) is 7.15. The van der Waals surface area contributed by atoms with Gasteiger partial charge in [0.2, 0.25) is 0 Å². The lowest BCUT2D eigenvalue weighted by atomic mass is 9.74. The number of H-pyrrole nitrogens is 1. The van der Waals surface area contributed by atoms with Gasteiger partial charge in [-0.3, -0.25) is 4.90 Å². The van der Waals surface area contributed by atoms with Gasteiger partial charge in [-0.1, -0.05) is 33.3 Å². The predicted octanol–water partition coefficient (Wildman–Crippen LogP) is 8.58. The van der Waals surface area contributed by atoms with Crippen LogP contribution >= 0.6 is 0 Å². The highest BCUT2D eigenvalue weighted by Crippen LogP contribution is 2.50. The van der Waals surface area contributed by atoms with E-state index >= 15 is 0 Å². The molecule has 4 aliphatic rings. The van der Waals surface area contributed by atoms with E-state index in [1.807, 2.05) is 18.2 Å². The van der Waals surface area contributed by atoms with Gasteiger partial charge >= 0.3 is 0 Å². The van der Waals surface area contributed by atoms with Gasteiger partial charge in [-0.05, 0) is 99.6 Å². The highest BCUT2D eigenvalue weighted by Gasteiger charge is 2.55. The zero-order valence-corrected chi connectivity index (χ0v) is 34.2. The summed E-state index contributed by atoms with van der Waals surface area (Å²) in [5, 5.41) is 4.54. The van der Waals surface area contributed by atoms with E-state index in [9.17, 15) is 0 Å². The standard InChI is InChI=1S/C45H59N7O4/c1-44(2,3)30-13-15-35-36(22-30)50-39(49-35)16-11-27-19-32(20-27)52(31-9-8-10-31)25-29-21-37(41-40(29)55-45(4,5)56-41)51-18-17-34-42(47-26-48-43(34)51)46-24-28-12-14-33(53-6)23-38(28)54-7/h12-15,17-18,22-23,26-27,29,31-32,37,40-41H,8-11,16,19-21,24-25H2,1-7H3,(H,49,50)(H,46,47,48)/t27?,29-,32?,37-,40-,41+/m1/s1. The van der Waals surface area contributed by atoms with Gasteiger partial charge in [-0.25, -0.2) is 15.0 Å². The molecular weight excluding hydrogens is 703 g/mol. The predicted molar refractivity (Wildman–Crippen MR) is 219 cm³/mol. The minimum atomic E-state index is -0.623. The van der Waals surface area contributed by atoms with Crippen LogP contribution in [-0.2, 0) is 27.9 Å². The summed E-state index contributed by atoms with van der Waals surface area (Å²) in [6, 6.07) is 16.1. The molecule has 5 aromatic rings. The number of methoxy groups -OCH3 is 2. The number of benzene rings is 2. The molecule has 298 valence electrons. The Bertz CT molecular complexity index is 2180. The molecule has 4 atom stereocenters. The summed E-state index contributed by atoms with van der Waals surface area (Å²) < 4.78 is 26.9. The summed E-state index contributed by atoms with van der Waals surface area (Å²) in [7, 11) is 3.34. The molecule has 2 N–H and O–H groups in total. The number of hydrogen-bond acceptors (Lipinski definition) is 9. The maximum absolute atomic E-state index is 6.76. The topological polar surface area (TPSA) is 112 Å². The molecule has 0 amide bonds. The Kier molecular flexibility index (Phi) is 9.77. The van der Waals surface area contributed by atoms with Gasteiger partial charge in [-0.2, -0.15) is 0 Å². The molecule has 0 bridgehead atoms. The summed E-state index contributed by atoms with van der Waals surface area (Å²) in [5.74, 6) is 3.95. The maximum atomic E-state index is 6.76. The second-order valence-corrected chi connectivity index (χ2v) is 18.3. The van der Waals surface area contributed by atoms with E-state index in [0.29, 0.717) is 24.5 Å². The summed E-state index contributed by atoms with van der Waals surface area (Å²) >= 11 is 0. The first-order valence-corrected chi connectivity index (χ1v) is 20.8. The lowest BCUT2D eigenvalue weighted by Crippen LogP contribution is -2.54. The van der Waals surface area contributed by atoms with Crippen molar-refractivity contribution in [2.45, 2.75) is 134 Å². The average Bonchev–Trinajstić information content (AvgIpc) is 3.90. The van der Waals surface area contributed by atoms with Crippen LogP contribution in [0.4, 0.5) is 5.82 Å². The molecule has 56 heavy (non-hydrogen) atoms. The number of hydrogen-bond donors (Lipinski definition) is 2. The second kappa shape index (κ2) is 14.6. The van der Waals surface area contributed by atoms with Gasteiger partial charge in [0.15, 0.2) is 5.79 Å². The Labute approximate surface area is 330 Å². The number of imidazole rings is 1. The van der Waals surface area contributed by atoms with Crippen LogP contribution in [0, 0.1) is 11.8 Å². The molecule has 0 radical (unpaired) electrons. The molecule has 3 saturated carbocycles. The molecule has 0 spiro atoms. The van der Waals surface area contributed by atoms with Gasteiger partial charge in [0.05, 0.1) is 42.8 Å². The molecule has 11 heteroatoms. The highest BCUT2D eigenvalue weighted by molar-refractivity contribution is 5.87. The zero-order chi connectivity index (χ0) is 38.8. The largest absolute Gasteiger partial charge is 0.497 e. The van der Waals surface area contributed by atoms with Gasteiger partial charge in [-0.15, -0.1) is 0 Å². The second-order valence-electron chi connectivity index (χ2n) is 18.3. The Morgan fingerprint density at radius 3 is 2.54 bits per heavy atom. The van der Waals surface area contributed by atoms with E-state index in [1.54, 1.807) is 20.5 Å². The number of anilines is 1. The van der Waals surface area contributed by atoms with Gasteiger partial charge < -0.3 is 33.8 Å². The number of ether oxygens (including phenoxy) is 4. The molecule has 4 heterocycles. The number of nitrogens with zero attached hydrogens (tertiary/aromatic N) is 5. The molecular formula is C45H59N7O4. The smallest absolute Gasteiger partial charge is 0.163 e. The Balaban J connectivity index is 0.876. The van der Waals surface area contributed by atoms with E-state index in [-0.39, 0.29) is 23.7 Å². The summed E-state index contributed by atoms with van der Waals surface area (Å²) in [6.07, 6.45) is 13.5. The minimum Gasteiger partial charge on any atom is -0.497 e. The van der Waals surface area contributed by atoms with Crippen molar-refractivity contribution in [3.63, 3.8) is 0 Å². The number of fused-ring (bicyclic) bond motifs is 3. The van der Waals surface area contributed by atoms with Crippen LogP contribution < -0.4 is 14.8 Å². The molecule has 4 fully saturated rings. The van der Waals surface area contributed by atoms with Crippen LogP contribution in [0.1, 0.15) is 103 Å². The number of rotatable bonds is 13. The molecule has 2 aromatic carbocycles. The Morgan fingerprint density at radius 1 is 0.964 bits per heavy atom. The number of aryl methyl sites for hydroxylation is 1. The molecule has 1 aliphatic heterocycles. The summed E-state index contributed by atoms with van der Waals surface area (Å²) in [6.45, 7) is 12.5. The van der Waals surface area contributed by atoms with Crippen molar-refractivity contribution in [2.75, 3.05) is 26.1 Å². The van der Waals surface area contributed by atoms with Gasteiger partial charge in [0, 0.05) is 55.3 Å². The van der Waals surface area contributed by atoms with Crippen LogP contribution in [0.2, 0.25) is 0 Å². The first-order chi connectivity index (χ1) is 27.0. The Hall–Kier alpha value is -4.19. The third-order valence-electron chi connectivity index (χ3n) is 13.2. The molecule has 3 aliphatic carbocycles. The normalized spacial score (nSPS) is 26.1. The SMILES string of the molecule is COc1ccc(CNc2ncnc3c2ccn3[C@@H]2C[C@H](CN(C3CCC3)C3CC(CCc4nc5cc(C(C)(C)C)ccc5[nH]4)C3)[C@H]3OC(C)(C)O[C@H]32)c(OC)c1. The highest BCUT2D eigenvalue weighted by atomic mass is 16.8. The first-order valence-electron chi connectivity index (χ1n) is 20.8. The van der Waals surface area contributed by atoms with Crippen LogP contribution in [0.5, 0.6) is 11.5 Å². The van der Waals surface area contributed by atoms with E-state index in [2.05, 4.69) is 89.8 Å². The fraction of sp³-hybridized carbons (Fsp3) is 0.578. The van der Waals surface area contributed by atoms with Crippen molar-refractivity contribution >= 4 is 27.9 Å². The minimum absolute atomic E-state index is 0.0406. The average molecular weight is 762 g/mol. The first kappa shape index (κ1) is 37.4. The number of nitrogens with one attached hydrogen (secondary N) is 2.